The lowest BCUT2D eigenvalue weighted by Gasteiger charge is -2.28. The molecule has 1 aliphatic rings. The second kappa shape index (κ2) is 5.51. The van der Waals surface area contributed by atoms with Crippen LogP contribution in [-0.4, -0.2) is 34.7 Å². The Balaban J connectivity index is 2.00. The largest absolute Gasteiger partial charge is 0.394 e. The van der Waals surface area contributed by atoms with Crippen molar-refractivity contribution in [3.05, 3.63) is 17.0 Å². The molecule has 2 unspecified atom stereocenters. The van der Waals surface area contributed by atoms with E-state index >= 15 is 0 Å². The molecule has 2 heterocycles. The highest BCUT2D eigenvalue weighted by molar-refractivity contribution is 8.01. The van der Waals surface area contributed by atoms with Crippen LogP contribution >= 0.6 is 23.1 Å². The summed E-state index contributed by atoms with van der Waals surface area (Å²) in [5.41, 5.74) is 1.35. The number of aliphatic hydroxyl groups is 2. The van der Waals surface area contributed by atoms with Crippen LogP contribution in [0.4, 0.5) is 0 Å². The fourth-order valence-electron chi connectivity index (χ4n) is 1.89. The molecule has 5 heteroatoms. The van der Waals surface area contributed by atoms with Crippen LogP contribution in [0.15, 0.2) is 15.7 Å². The fraction of sp³-hybridized carbons (Fsp3) is 0.636. The smallest absolute Gasteiger partial charge is 0.0895 e. The van der Waals surface area contributed by atoms with Gasteiger partial charge >= 0.3 is 0 Å². The lowest BCUT2D eigenvalue weighted by molar-refractivity contribution is 0.0914. The number of thiophene rings is 1. The van der Waals surface area contributed by atoms with Crippen molar-refractivity contribution < 1.29 is 10.2 Å². The third kappa shape index (κ3) is 2.78. The first-order valence-electron chi connectivity index (χ1n) is 5.47. The van der Waals surface area contributed by atoms with Gasteiger partial charge in [0.2, 0.25) is 0 Å². The van der Waals surface area contributed by atoms with Crippen molar-refractivity contribution in [2.24, 2.45) is 0 Å². The summed E-state index contributed by atoms with van der Waals surface area (Å²) in [5.74, 6) is 0. The number of fused-ring (bicyclic) bond motifs is 1. The van der Waals surface area contributed by atoms with Gasteiger partial charge in [0.25, 0.3) is 0 Å². The summed E-state index contributed by atoms with van der Waals surface area (Å²) in [4.78, 5) is 0. The van der Waals surface area contributed by atoms with E-state index in [1.165, 1.54) is 9.77 Å². The van der Waals surface area contributed by atoms with E-state index in [0.29, 0.717) is 17.8 Å². The van der Waals surface area contributed by atoms with Gasteiger partial charge in [-0.15, -0.1) is 23.1 Å². The molecular weight excluding hydrogens is 242 g/mol. The predicted octanol–water partition coefficient (Wildman–Crippen LogP) is 1.62. The van der Waals surface area contributed by atoms with E-state index in [2.05, 4.69) is 23.7 Å². The lowest BCUT2D eigenvalue weighted by Crippen LogP contribution is -2.34. The van der Waals surface area contributed by atoms with Gasteiger partial charge in [-0.25, -0.2) is 0 Å². The number of nitrogens with one attached hydrogen (secondary N) is 1. The van der Waals surface area contributed by atoms with Crippen LogP contribution in [0.2, 0.25) is 0 Å². The second-order valence-electron chi connectivity index (χ2n) is 4.12. The number of thioether (sulfide) groups is 1. The molecule has 0 amide bonds. The molecule has 1 aromatic rings. The average Bonchev–Trinajstić information content (AvgIpc) is 2.73. The molecule has 90 valence electrons. The van der Waals surface area contributed by atoms with E-state index in [1.54, 1.807) is 11.3 Å². The van der Waals surface area contributed by atoms with Crippen molar-refractivity contribution >= 4 is 23.1 Å². The Kier molecular flexibility index (Phi) is 4.27. The SMILES string of the molecule is C[C@H]1CC(NCC(O)CO)c2ccsc2S1. The van der Waals surface area contributed by atoms with Crippen LogP contribution in [-0.2, 0) is 0 Å². The van der Waals surface area contributed by atoms with Crippen molar-refractivity contribution in [3.8, 4) is 0 Å². The Morgan fingerprint density at radius 1 is 1.62 bits per heavy atom. The van der Waals surface area contributed by atoms with E-state index < -0.39 is 6.10 Å². The van der Waals surface area contributed by atoms with Crippen molar-refractivity contribution in [1.82, 2.24) is 5.32 Å². The molecule has 0 spiro atoms. The third-order valence-electron chi connectivity index (χ3n) is 2.72. The molecule has 3 nitrogen and oxygen atoms in total. The molecular formula is C11H17NO2S2. The molecule has 1 aromatic heterocycles. The average molecular weight is 259 g/mol. The topological polar surface area (TPSA) is 52.5 Å². The predicted molar refractivity (Wildman–Crippen MR) is 68.1 cm³/mol. The highest BCUT2D eigenvalue weighted by Crippen LogP contribution is 2.43. The Morgan fingerprint density at radius 2 is 2.44 bits per heavy atom. The van der Waals surface area contributed by atoms with Crippen LogP contribution in [0.3, 0.4) is 0 Å². The number of aliphatic hydroxyl groups excluding tert-OH is 2. The van der Waals surface area contributed by atoms with Crippen molar-refractivity contribution in [3.63, 3.8) is 0 Å². The van der Waals surface area contributed by atoms with Crippen LogP contribution in [0, 0.1) is 0 Å². The number of hydrogen-bond acceptors (Lipinski definition) is 5. The molecule has 1 aliphatic heterocycles. The van der Waals surface area contributed by atoms with Crippen LogP contribution in [0.1, 0.15) is 24.9 Å². The lowest BCUT2D eigenvalue weighted by atomic mass is 10.0. The van der Waals surface area contributed by atoms with E-state index in [9.17, 15) is 5.11 Å². The third-order valence-corrected chi connectivity index (χ3v) is 5.06. The molecule has 0 aliphatic carbocycles. The molecule has 0 radical (unpaired) electrons. The zero-order valence-corrected chi connectivity index (χ0v) is 10.9. The first-order valence-corrected chi connectivity index (χ1v) is 7.23. The van der Waals surface area contributed by atoms with Gasteiger partial charge in [-0.05, 0) is 23.4 Å². The molecule has 0 bridgehead atoms. The molecule has 16 heavy (non-hydrogen) atoms. The molecule has 0 saturated heterocycles. The van der Waals surface area contributed by atoms with Crippen LogP contribution in [0.25, 0.3) is 0 Å². The highest BCUT2D eigenvalue weighted by Gasteiger charge is 2.26. The maximum Gasteiger partial charge on any atom is 0.0895 e. The first-order chi connectivity index (χ1) is 7.70. The number of hydrogen-bond donors (Lipinski definition) is 3. The summed E-state index contributed by atoms with van der Waals surface area (Å²) < 4.78 is 1.38. The second-order valence-corrected chi connectivity index (χ2v) is 6.75. The minimum Gasteiger partial charge on any atom is -0.394 e. The van der Waals surface area contributed by atoms with Crippen molar-refractivity contribution in [1.29, 1.82) is 0 Å². The Hall–Kier alpha value is -0.0700. The van der Waals surface area contributed by atoms with E-state index in [4.69, 9.17) is 5.11 Å². The van der Waals surface area contributed by atoms with Gasteiger partial charge in [-0.3, -0.25) is 0 Å². The molecule has 2 rings (SSSR count). The van der Waals surface area contributed by atoms with Gasteiger partial charge in [-0.1, -0.05) is 6.92 Å². The summed E-state index contributed by atoms with van der Waals surface area (Å²) in [6, 6.07) is 2.47. The number of rotatable bonds is 4. The zero-order valence-electron chi connectivity index (χ0n) is 9.22. The highest BCUT2D eigenvalue weighted by atomic mass is 32.2. The fourth-order valence-corrected chi connectivity index (χ4v) is 4.45. The van der Waals surface area contributed by atoms with E-state index in [0.717, 1.165) is 6.42 Å². The van der Waals surface area contributed by atoms with Crippen LogP contribution in [0.5, 0.6) is 0 Å². The minimum absolute atomic E-state index is 0.180. The van der Waals surface area contributed by atoms with Gasteiger partial charge in [-0.2, -0.15) is 0 Å². The summed E-state index contributed by atoms with van der Waals surface area (Å²) in [6.07, 6.45) is 0.416. The molecule has 3 N–H and O–H groups in total. The normalized spacial score (nSPS) is 26.4. The van der Waals surface area contributed by atoms with Crippen LogP contribution < -0.4 is 5.32 Å². The van der Waals surface area contributed by atoms with E-state index in [-0.39, 0.29) is 6.61 Å². The standard InChI is InChI=1S/C11H17NO2S2/c1-7-4-10(12-5-8(14)6-13)9-2-3-15-11(9)16-7/h2-3,7-8,10,12-14H,4-6H2,1H3/t7-,8?,10?/m0/s1. The summed E-state index contributed by atoms with van der Waals surface area (Å²) in [6.45, 7) is 2.50. The summed E-state index contributed by atoms with van der Waals surface area (Å²) in [7, 11) is 0. The Labute approximate surface area is 104 Å². The molecule has 0 aromatic carbocycles. The van der Waals surface area contributed by atoms with E-state index in [1.807, 2.05) is 11.8 Å². The van der Waals surface area contributed by atoms with Gasteiger partial charge in [0.15, 0.2) is 0 Å². The summed E-state index contributed by atoms with van der Waals surface area (Å²) >= 11 is 3.71. The Morgan fingerprint density at radius 3 is 3.19 bits per heavy atom. The molecule has 3 atom stereocenters. The monoisotopic (exact) mass is 259 g/mol. The maximum atomic E-state index is 9.34. The zero-order chi connectivity index (χ0) is 11.5. The Bertz CT molecular complexity index is 342. The van der Waals surface area contributed by atoms with Gasteiger partial charge in [0, 0.05) is 17.8 Å². The van der Waals surface area contributed by atoms with Gasteiger partial charge < -0.3 is 15.5 Å². The van der Waals surface area contributed by atoms with Crippen molar-refractivity contribution in [2.45, 2.75) is 34.9 Å². The minimum atomic E-state index is -0.660. The molecule has 0 fully saturated rings. The maximum absolute atomic E-state index is 9.34. The first kappa shape index (κ1) is 12.4. The quantitative estimate of drug-likeness (QED) is 0.769. The molecule has 0 saturated carbocycles. The van der Waals surface area contributed by atoms with Gasteiger partial charge in [0.05, 0.1) is 16.9 Å². The van der Waals surface area contributed by atoms with Gasteiger partial charge in [0.1, 0.15) is 0 Å². The summed E-state index contributed by atoms with van der Waals surface area (Å²) in [5, 5.41) is 24.2. The van der Waals surface area contributed by atoms with Crippen molar-refractivity contribution in [2.75, 3.05) is 13.2 Å².